The summed E-state index contributed by atoms with van der Waals surface area (Å²) in [7, 11) is 3.38. The molecule has 27 heavy (non-hydrogen) atoms. The van der Waals surface area contributed by atoms with E-state index in [9.17, 15) is 4.39 Å². The number of rotatable bonds is 7. The Kier molecular flexibility index (Phi) is 6.65. The molecule has 3 rings (SSSR count). The molecule has 2 aromatic carbocycles. The van der Waals surface area contributed by atoms with E-state index in [1.807, 2.05) is 0 Å². The largest absolute Gasteiger partial charge is 0.493 e. The van der Waals surface area contributed by atoms with Crippen LogP contribution in [0.3, 0.4) is 0 Å². The predicted molar refractivity (Wildman–Crippen MR) is 105 cm³/mol. The molecule has 1 heterocycles. The van der Waals surface area contributed by atoms with Crippen molar-refractivity contribution in [3.8, 4) is 5.75 Å². The minimum atomic E-state index is -0.253. The molecule has 1 aliphatic rings. The van der Waals surface area contributed by atoms with Gasteiger partial charge in [0.05, 0.1) is 12.7 Å². The van der Waals surface area contributed by atoms with Crippen LogP contribution in [0.5, 0.6) is 5.75 Å². The SMILES string of the molecule is CN=C(NCCc1ccc2c(c1)CCO2)NCC(OC)c1ccc(F)cc1. The van der Waals surface area contributed by atoms with E-state index in [2.05, 4.69) is 33.8 Å². The van der Waals surface area contributed by atoms with E-state index >= 15 is 0 Å². The summed E-state index contributed by atoms with van der Waals surface area (Å²) in [5, 5.41) is 6.58. The van der Waals surface area contributed by atoms with Crippen LogP contribution >= 0.6 is 0 Å². The van der Waals surface area contributed by atoms with Crippen LogP contribution < -0.4 is 15.4 Å². The van der Waals surface area contributed by atoms with Crippen molar-refractivity contribution in [2.24, 2.45) is 4.99 Å². The molecule has 0 radical (unpaired) electrons. The van der Waals surface area contributed by atoms with E-state index in [0.717, 1.165) is 37.3 Å². The monoisotopic (exact) mass is 371 g/mol. The van der Waals surface area contributed by atoms with Gasteiger partial charge in [-0.2, -0.15) is 0 Å². The standard InChI is InChI=1S/C21H26FN3O2/c1-23-21(25-14-20(26-2)16-4-6-18(22)7-5-16)24-11-9-15-3-8-19-17(13-15)10-12-27-19/h3-8,13,20H,9-12,14H2,1-2H3,(H2,23,24,25). The first-order valence-electron chi connectivity index (χ1n) is 9.17. The fourth-order valence-electron chi connectivity index (χ4n) is 3.15. The quantitative estimate of drug-likeness (QED) is 0.581. The van der Waals surface area contributed by atoms with Gasteiger partial charge in [0, 0.05) is 33.7 Å². The maximum absolute atomic E-state index is 13.1. The van der Waals surface area contributed by atoms with Crippen LogP contribution in [0.1, 0.15) is 22.8 Å². The highest BCUT2D eigenvalue weighted by Crippen LogP contribution is 2.25. The molecule has 0 aliphatic carbocycles. The molecule has 0 saturated carbocycles. The first-order chi connectivity index (χ1) is 13.2. The molecule has 6 heteroatoms. The van der Waals surface area contributed by atoms with Crippen LogP contribution in [-0.4, -0.2) is 39.8 Å². The molecule has 0 amide bonds. The van der Waals surface area contributed by atoms with Crippen molar-refractivity contribution in [1.82, 2.24) is 10.6 Å². The van der Waals surface area contributed by atoms with Gasteiger partial charge in [-0.3, -0.25) is 4.99 Å². The third-order valence-electron chi connectivity index (χ3n) is 4.66. The van der Waals surface area contributed by atoms with Crippen molar-refractivity contribution < 1.29 is 13.9 Å². The molecule has 2 N–H and O–H groups in total. The second kappa shape index (κ2) is 9.37. The molecular formula is C21H26FN3O2. The number of aliphatic imine (C=N–C) groups is 1. The van der Waals surface area contributed by atoms with Gasteiger partial charge in [-0.25, -0.2) is 4.39 Å². The van der Waals surface area contributed by atoms with Gasteiger partial charge < -0.3 is 20.1 Å². The zero-order chi connectivity index (χ0) is 19.1. The Morgan fingerprint density at radius 2 is 2.04 bits per heavy atom. The first kappa shape index (κ1) is 19.2. The van der Waals surface area contributed by atoms with Crippen molar-refractivity contribution in [2.75, 3.05) is 33.9 Å². The zero-order valence-electron chi connectivity index (χ0n) is 15.8. The van der Waals surface area contributed by atoms with Crippen molar-refractivity contribution >= 4 is 5.96 Å². The number of fused-ring (bicyclic) bond motifs is 1. The Morgan fingerprint density at radius 1 is 1.22 bits per heavy atom. The number of halogens is 1. The summed E-state index contributed by atoms with van der Waals surface area (Å²) < 4.78 is 24.1. The number of nitrogens with one attached hydrogen (secondary N) is 2. The van der Waals surface area contributed by atoms with Gasteiger partial charge in [-0.05, 0) is 41.3 Å². The lowest BCUT2D eigenvalue weighted by Crippen LogP contribution is -2.40. The molecule has 0 fully saturated rings. The van der Waals surface area contributed by atoms with Crippen LogP contribution in [0, 0.1) is 5.82 Å². The molecule has 5 nitrogen and oxygen atoms in total. The Hall–Kier alpha value is -2.60. The average molecular weight is 371 g/mol. The van der Waals surface area contributed by atoms with Crippen LogP contribution in [-0.2, 0) is 17.6 Å². The maximum Gasteiger partial charge on any atom is 0.191 e. The van der Waals surface area contributed by atoms with Crippen LogP contribution in [0.15, 0.2) is 47.5 Å². The Morgan fingerprint density at radius 3 is 2.78 bits per heavy atom. The second-order valence-corrected chi connectivity index (χ2v) is 6.45. The van der Waals surface area contributed by atoms with Gasteiger partial charge in [-0.15, -0.1) is 0 Å². The number of hydrogen-bond acceptors (Lipinski definition) is 3. The van der Waals surface area contributed by atoms with E-state index in [-0.39, 0.29) is 11.9 Å². The summed E-state index contributed by atoms with van der Waals surface area (Å²) in [4.78, 5) is 4.25. The third-order valence-corrected chi connectivity index (χ3v) is 4.66. The Labute approximate surface area is 159 Å². The highest BCUT2D eigenvalue weighted by atomic mass is 19.1. The summed E-state index contributed by atoms with van der Waals surface area (Å²) in [5.41, 5.74) is 3.49. The van der Waals surface area contributed by atoms with E-state index in [0.29, 0.717) is 12.5 Å². The molecule has 1 aliphatic heterocycles. The minimum Gasteiger partial charge on any atom is -0.493 e. The van der Waals surface area contributed by atoms with Crippen LogP contribution in [0.25, 0.3) is 0 Å². The fourth-order valence-corrected chi connectivity index (χ4v) is 3.15. The minimum absolute atomic E-state index is 0.180. The van der Waals surface area contributed by atoms with E-state index in [1.165, 1.54) is 23.3 Å². The lowest BCUT2D eigenvalue weighted by atomic mass is 10.1. The Bertz CT molecular complexity index is 777. The number of guanidine groups is 1. The lowest BCUT2D eigenvalue weighted by molar-refractivity contribution is 0.106. The summed E-state index contributed by atoms with van der Waals surface area (Å²) in [5.74, 6) is 1.47. The smallest absolute Gasteiger partial charge is 0.191 e. The van der Waals surface area contributed by atoms with Gasteiger partial charge in [-0.1, -0.05) is 24.3 Å². The van der Waals surface area contributed by atoms with Gasteiger partial charge in [0.25, 0.3) is 0 Å². The predicted octanol–water partition coefficient (Wildman–Crippen LogP) is 2.86. The molecule has 0 bridgehead atoms. The number of ether oxygens (including phenoxy) is 2. The summed E-state index contributed by atoms with van der Waals surface area (Å²) in [6, 6.07) is 12.7. The topological polar surface area (TPSA) is 54.9 Å². The third kappa shape index (κ3) is 5.20. The van der Waals surface area contributed by atoms with Gasteiger partial charge in [0.2, 0.25) is 0 Å². The van der Waals surface area contributed by atoms with Crippen molar-refractivity contribution in [2.45, 2.75) is 18.9 Å². The lowest BCUT2D eigenvalue weighted by Gasteiger charge is -2.19. The van der Waals surface area contributed by atoms with Crippen molar-refractivity contribution in [3.05, 3.63) is 65.0 Å². The summed E-state index contributed by atoms with van der Waals surface area (Å²) >= 11 is 0. The van der Waals surface area contributed by atoms with Crippen LogP contribution in [0.4, 0.5) is 4.39 Å². The molecule has 0 saturated heterocycles. The molecule has 0 spiro atoms. The second-order valence-electron chi connectivity index (χ2n) is 6.45. The molecule has 1 unspecified atom stereocenters. The maximum atomic E-state index is 13.1. The highest BCUT2D eigenvalue weighted by Gasteiger charge is 2.13. The summed E-state index contributed by atoms with van der Waals surface area (Å²) in [6.45, 7) is 2.09. The van der Waals surface area contributed by atoms with E-state index in [1.54, 1.807) is 26.3 Å². The normalized spacial score (nSPS) is 14.4. The first-order valence-corrected chi connectivity index (χ1v) is 9.17. The fraction of sp³-hybridized carbons (Fsp3) is 0.381. The van der Waals surface area contributed by atoms with Gasteiger partial charge >= 0.3 is 0 Å². The van der Waals surface area contributed by atoms with E-state index in [4.69, 9.17) is 9.47 Å². The van der Waals surface area contributed by atoms with Gasteiger partial charge in [0.1, 0.15) is 11.6 Å². The van der Waals surface area contributed by atoms with Crippen LogP contribution in [0.2, 0.25) is 0 Å². The zero-order valence-corrected chi connectivity index (χ0v) is 15.8. The molecular weight excluding hydrogens is 345 g/mol. The average Bonchev–Trinajstić information content (AvgIpc) is 3.16. The van der Waals surface area contributed by atoms with Gasteiger partial charge in [0.15, 0.2) is 5.96 Å². The number of hydrogen-bond donors (Lipinski definition) is 2. The van der Waals surface area contributed by atoms with Crippen molar-refractivity contribution in [3.63, 3.8) is 0 Å². The molecule has 0 aromatic heterocycles. The Balaban J connectivity index is 1.46. The number of nitrogens with zero attached hydrogens (tertiary/aromatic N) is 1. The number of benzene rings is 2. The van der Waals surface area contributed by atoms with E-state index < -0.39 is 0 Å². The molecule has 1 atom stereocenters. The molecule has 2 aromatic rings. The molecule has 144 valence electrons. The summed E-state index contributed by atoms with van der Waals surface area (Å²) in [6.07, 6.45) is 1.71. The number of methoxy groups -OCH3 is 1. The highest BCUT2D eigenvalue weighted by molar-refractivity contribution is 5.79. The van der Waals surface area contributed by atoms with Crippen molar-refractivity contribution in [1.29, 1.82) is 0 Å².